The number of fused-ring (bicyclic) bond motifs is 1. The number of rotatable bonds is 10. The van der Waals surface area contributed by atoms with E-state index in [2.05, 4.69) is 29.0 Å². The maximum Gasteiger partial charge on any atom is 0.296 e. The number of aromatic hydroxyl groups is 1. The van der Waals surface area contributed by atoms with E-state index in [4.69, 9.17) is 15.2 Å². The molecule has 42 heavy (non-hydrogen) atoms. The zero-order valence-corrected chi connectivity index (χ0v) is 25.0. The number of azo groups is 2. The fraction of sp³-hybridized carbons (Fsp3) is 0.154. The van der Waals surface area contributed by atoms with Crippen molar-refractivity contribution in [1.29, 1.82) is 0 Å². The van der Waals surface area contributed by atoms with Crippen molar-refractivity contribution < 1.29 is 37.3 Å². The van der Waals surface area contributed by atoms with E-state index in [0.717, 1.165) is 6.07 Å². The second-order valence-electron chi connectivity index (χ2n) is 8.70. The van der Waals surface area contributed by atoms with Gasteiger partial charge in [-0.05, 0) is 55.6 Å². The Bertz CT molecular complexity index is 1880. The van der Waals surface area contributed by atoms with Crippen molar-refractivity contribution in [3.05, 3.63) is 60.7 Å². The van der Waals surface area contributed by atoms with Gasteiger partial charge in [-0.3, -0.25) is 4.55 Å². The standard InChI is InChI=1S/C26H27N5O8P2S/c1-3-38-22-14-21(23(39-4-2)13-20(22)29-28-17-6-5-7-18(12-17)41(33,34)40)30-31-25-24(42(35,36)37)10-15-8-9-16(27)11-19(15)26(25)32/h5-14,32-34,40H,3-4,27H2,1-2H3,(H,35,36,37). The SMILES string of the molecule is CCOc1cc(N=Nc2c(S(=O)(=O)O)cc3ccc(N)cc3c2O)c(OCC)cc1N=Nc1cccc(P(O)(O)=P)c1. The fourth-order valence-corrected chi connectivity index (χ4v) is 5.53. The maximum atomic E-state index is 12.2. The summed E-state index contributed by atoms with van der Waals surface area (Å²) in [5, 5.41) is 28.2. The van der Waals surface area contributed by atoms with Gasteiger partial charge in [-0.2, -0.15) is 13.5 Å². The summed E-state index contributed by atoms with van der Waals surface area (Å²) in [4.78, 5) is 19.1. The number of nitrogens with two attached hydrogens (primary N) is 1. The Morgan fingerprint density at radius 3 is 2.07 bits per heavy atom. The molecule has 0 aliphatic heterocycles. The number of hydrogen-bond donors (Lipinski definition) is 5. The maximum absolute atomic E-state index is 12.2. The summed E-state index contributed by atoms with van der Waals surface area (Å²) in [5.41, 5.74) is 6.34. The Kier molecular flexibility index (Phi) is 9.27. The molecule has 0 saturated carbocycles. The third-order valence-corrected chi connectivity index (χ3v) is 8.36. The molecule has 0 spiro atoms. The van der Waals surface area contributed by atoms with Crippen molar-refractivity contribution in [3.8, 4) is 17.2 Å². The molecule has 0 aromatic heterocycles. The zero-order valence-electron chi connectivity index (χ0n) is 22.3. The molecule has 0 fully saturated rings. The van der Waals surface area contributed by atoms with Gasteiger partial charge in [-0.25, -0.2) is 0 Å². The van der Waals surface area contributed by atoms with Crippen LogP contribution < -0.4 is 20.5 Å². The van der Waals surface area contributed by atoms with Crippen LogP contribution in [0.3, 0.4) is 0 Å². The summed E-state index contributed by atoms with van der Waals surface area (Å²) >= 11 is 0. The molecule has 0 radical (unpaired) electrons. The Morgan fingerprint density at radius 1 is 0.881 bits per heavy atom. The quantitative estimate of drug-likeness (QED) is 0.0557. The fourth-order valence-electron chi connectivity index (χ4n) is 3.85. The van der Waals surface area contributed by atoms with Gasteiger partial charge in [0, 0.05) is 28.5 Å². The van der Waals surface area contributed by atoms with Crippen molar-refractivity contribution in [2.45, 2.75) is 18.7 Å². The molecule has 0 heterocycles. The lowest BCUT2D eigenvalue weighted by molar-refractivity contribution is 0.332. The highest BCUT2D eigenvalue weighted by atomic mass is 32.2. The summed E-state index contributed by atoms with van der Waals surface area (Å²) in [6.45, 7) is 3.95. The van der Waals surface area contributed by atoms with E-state index in [0.29, 0.717) is 16.8 Å². The molecule has 0 aliphatic rings. The summed E-state index contributed by atoms with van der Waals surface area (Å²) in [6, 6.07) is 14.8. The highest BCUT2D eigenvalue weighted by Crippen LogP contribution is 2.45. The molecule has 220 valence electrons. The first-order valence-corrected chi connectivity index (χ1v) is 16.8. The second-order valence-corrected chi connectivity index (χ2v) is 13.7. The third-order valence-electron chi connectivity index (χ3n) is 5.72. The molecule has 0 atom stereocenters. The van der Waals surface area contributed by atoms with Crippen LogP contribution in [0.5, 0.6) is 17.2 Å². The van der Waals surface area contributed by atoms with Gasteiger partial charge in [0.1, 0.15) is 33.5 Å². The van der Waals surface area contributed by atoms with E-state index in [1.54, 1.807) is 26.0 Å². The number of phenols is 1. The molecule has 6 N–H and O–H groups in total. The Labute approximate surface area is 243 Å². The molecule has 0 aliphatic carbocycles. The van der Waals surface area contributed by atoms with Crippen LogP contribution in [0.4, 0.5) is 28.4 Å². The van der Waals surface area contributed by atoms with Crippen LogP contribution >= 0.6 is 15.5 Å². The lowest BCUT2D eigenvalue weighted by Crippen LogP contribution is -2.00. The molecule has 4 aromatic carbocycles. The van der Waals surface area contributed by atoms with E-state index in [1.165, 1.54) is 42.5 Å². The molecule has 0 bridgehead atoms. The number of nitrogens with zero attached hydrogens (tertiary/aromatic N) is 4. The Balaban J connectivity index is 1.83. The van der Waals surface area contributed by atoms with Crippen molar-refractivity contribution in [3.63, 3.8) is 0 Å². The number of benzene rings is 4. The van der Waals surface area contributed by atoms with Gasteiger partial charge in [0.15, 0.2) is 12.8 Å². The molecule has 0 amide bonds. The molecule has 13 nitrogen and oxygen atoms in total. The van der Waals surface area contributed by atoms with Crippen LogP contribution in [-0.2, 0) is 10.1 Å². The number of hydrogen-bond acceptors (Lipinski definition) is 10. The van der Waals surface area contributed by atoms with Gasteiger partial charge < -0.3 is 30.1 Å². The highest BCUT2D eigenvalue weighted by molar-refractivity contribution is 7.96. The molecular formula is C26H27N5O8P2S. The number of phenolic OH excluding ortho intramolecular Hbond substituents is 1. The minimum absolute atomic E-state index is 0.101. The van der Waals surface area contributed by atoms with E-state index in [-0.39, 0.29) is 46.8 Å². The van der Waals surface area contributed by atoms with Crippen molar-refractivity contribution >= 4 is 70.2 Å². The number of anilines is 1. The first kappa shape index (κ1) is 31.0. The average molecular weight is 632 g/mol. The molecular weight excluding hydrogens is 604 g/mol. The zero-order chi connectivity index (χ0) is 30.7. The number of nitrogen functional groups attached to an aromatic ring is 1. The van der Waals surface area contributed by atoms with Gasteiger partial charge in [0.05, 0.1) is 18.9 Å². The van der Waals surface area contributed by atoms with Crippen molar-refractivity contribution in [2.24, 2.45) is 20.5 Å². The second kappa shape index (κ2) is 12.5. The monoisotopic (exact) mass is 631 g/mol. The highest BCUT2D eigenvalue weighted by Gasteiger charge is 2.22. The lowest BCUT2D eigenvalue weighted by Gasteiger charge is -2.12. The summed E-state index contributed by atoms with van der Waals surface area (Å²) in [5.74, 6) is -0.139. The molecule has 16 heteroatoms. The summed E-state index contributed by atoms with van der Waals surface area (Å²) < 4.78 is 45.6. The normalized spacial score (nSPS) is 12.4. The van der Waals surface area contributed by atoms with Gasteiger partial charge >= 0.3 is 0 Å². The minimum atomic E-state index is -4.81. The van der Waals surface area contributed by atoms with Crippen molar-refractivity contribution in [2.75, 3.05) is 18.9 Å². The van der Waals surface area contributed by atoms with Crippen LogP contribution in [0.25, 0.3) is 10.8 Å². The first-order chi connectivity index (χ1) is 19.8. The first-order valence-electron chi connectivity index (χ1n) is 12.3. The molecule has 0 saturated heterocycles. The van der Waals surface area contributed by atoms with Crippen LogP contribution in [0.2, 0.25) is 0 Å². The van der Waals surface area contributed by atoms with Gasteiger partial charge in [-0.15, -0.1) is 15.3 Å². The summed E-state index contributed by atoms with van der Waals surface area (Å²) in [7, 11) is -5.32. The van der Waals surface area contributed by atoms with E-state index in [9.17, 15) is 27.9 Å². The van der Waals surface area contributed by atoms with E-state index in [1.807, 2.05) is 0 Å². The minimum Gasteiger partial charge on any atom is -0.505 e. The number of ether oxygens (including phenoxy) is 2. The van der Waals surface area contributed by atoms with Crippen LogP contribution in [0.1, 0.15) is 13.8 Å². The molecule has 0 unspecified atom stereocenters. The average Bonchev–Trinajstić information content (AvgIpc) is 2.92. The van der Waals surface area contributed by atoms with Gasteiger partial charge in [-0.1, -0.05) is 20.7 Å². The van der Waals surface area contributed by atoms with Crippen LogP contribution in [0.15, 0.2) is 86.0 Å². The van der Waals surface area contributed by atoms with Crippen molar-refractivity contribution in [1.82, 2.24) is 0 Å². The predicted molar refractivity (Wildman–Crippen MR) is 163 cm³/mol. The van der Waals surface area contributed by atoms with Gasteiger partial charge in [0.25, 0.3) is 10.1 Å². The Morgan fingerprint density at radius 2 is 1.50 bits per heavy atom. The topological polar surface area (TPSA) is 209 Å². The predicted octanol–water partition coefficient (Wildman–Crippen LogP) is 6.52. The lowest BCUT2D eigenvalue weighted by atomic mass is 10.1. The third kappa shape index (κ3) is 7.11. The van der Waals surface area contributed by atoms with Gasteiger partial charge in [0.2, 0.25) is 0 Å². The van der Waals surface area contributed by atoms with E-state index < -0.39 is 33.5 Å². The Hall–Kier alpha value is -3.90. The van der Waals surface area contributed by atoms with Crippen LogP contribution in [0, 0.1) is 0 Å². The van der Waals surface area contributed by atoms with E-state index >= 15 is 0 Å². The summed E-state index contributed by atoms with van der Waals surface area (Å²) in [6.07, 6.45) is 0. The van der Waals surface area contributed by atoms with Crippen LogP contribution in [-0.4, -0.2) is 41.1 Å². The largest absolute Gasteiger partial charge is 0.505 e. The smallest absolute Gasteiger partial charge is 0.296 e. The molecule has 4 rings (SSSR count). The molecule has 4 aromatic rings.